The third-order valence-corrected chi connectivity index (χ3v) is 4.44. The molecule has 0 aliphatic heterocycles. The first kappa shape index (κ1) is 17.8. The van der Waals surface area contributed by atoms with Gasteiger partial charge in [0.05, 0.1) is 9.75 Å². The Balaban J connectivity index is 2.04. The Labute approximate surface area is 143 Å². The van der Waals surface area contributed by atoms with Crippen molar-refractivity contribution in [1.82, 2.24) is 5.32 Å². The average Bonchev–Trinajstić information content (AvgIpc) is 2.94. The van der Waals surface area contributed by atoms with Crippen LogP contribution in [0.15, 0.2) is 30.3 Å². The van der Waals surface area contributed by atoms with Crippen molar-refractivity contribution in [3.63, 3.8) is 0 Å². The van der Waals surface area contributed by atoms with Gasteiger partial charge < -0.3 is 5.32 Å². The number of thiophene rings is 1. The van der Waals surface area contributed by atoms with Gasteiger partial charge in [0.15, 0.2) is 0 Å². The molecule has 0 spiro atoms. The maximum absolute atomic E-state index is 12.3. The molecule has 0 fully saturated rings. The van der Waals surface area contributed by atoms with Crippen molar-refractivity contribution in [2.45, 2.75) is 12.7 Å². The highest BCUT2D eigenvalue weighted by atomic mass is 35.5. The third-order valence-electron chi connectivity index (χ3n) is 2.77. The first-order valence-electron chi connectivity index (χ1n) is 6.12. The van der Waals surface area contributed by atoms with Gasteiger partial charge in [-0.2, -0.15) is 13.2 Å². The van der Waals surface area contributed by atoms with Crippen molar-refractivity contribution < 1.29 is 22.8 Å². The predicted molar refractivity (Wildman–Crippen MR) is 82.3 cm³/mol. The summed E-state index contributed by atoms with van der Waals surface area (Å²) >= 11 is 12.2. The van der Waals surface area contributed by atoms with Crippen LogP contribution in [-0.2, 0) is 6.54 Å². The van der Waals surface area contributed by atoms with Gasteiger partial charge in [-0.15, -0.1) is 11.3 Å². The highest BCUT2D eigenvalue weighted by molar-refractivity contribution is 7.16. The second-order valence-electron chi connectivity index (χ2n) is 4.41. The molecule has 122 valence electrons. The van der Waals surface area contributed by atoms with Crippen molar-refractivity contribution in [1.29, 1.82) is 0 Å². The fraction of sp³-hybridized carbons (Fsp3) is 0.143. The predicted octanol–water partition coefficient (Wildman–Crippen LogP) is 4.73. The van der Waals surface area contributed by atoms with E-state index >= 15 is 0 Å². The zero-order chi connectivity index (χ0) is 17.2. The van der Waals surface area contributed by atoms with Crippen LogP contribution in [0, 0.1) is 0 Å². The number of carbonyl (C=O) groups is 2. The first-order valence-corrected chi connectivity index (χ1v) is 7.69. The molecule has 0 aliphatic carbocycles. The van der Waals surface area contributed by atoms with Crippen LogP contribution in [0.3, 0.4) is 0 Å². The van der Waals surface area contributed by atoms with Gasteiger partial charge in [-0.1, -0.05) is 29.3 Å². The number of benzene rings is 1. The number of alkyl halides is 3. The van der Waals surface area contributed by atoms with E-state index in [-0.39, 0.29) is 11.4 Å². The van der Waals surface area contributed by atoms with E-state index in [1.54, 1.807) is 12.1 Å². The lowest BCUT2D eigenvalue weighted by atomic mass is 10.2. The third kappa shape index (κ3) is 4.46. The molecule has 1 aromatic carbocycles. The standard InChI is InChI=1S/C14H8Cl2F3NO2S/c15-8-2-1-7(9(16)5-8)6-20-13(22)11-4-3-10(23-11)12(21)14(17,18)19/h1-5H,6H2,(H,20,22). The van der Waals surface area contributed by atoms with Crippen molar-refractivity contribution >= 4 is 46.2 Å². The Bertz CT molecular complexity index is 759. The molecule has 0 unspecified atom stereocenters. The normalized spacial score (nSPS) is 11.3. The summed E-state index contributed by atoms with van der Waals surface area (Å²) in [5, 5.41) is 3.32. The molecule has 2 aromatic rings. The molecule has 1 N–H and O–H groups in total. The zero-order valence-corrected chi connectivity index (χ0v) is 13.5. The Hall–Kier alpha value is -1.57. The van der Waals surface area contributed by atoms with Gasteiger partial charge in [0.1, 0.15) is 0 Å². The van der Waals surface area contributed by atoms with E-state index in [0.717, 1.165) is 6.07 Å². The van der Waals surface area contributed by atoms with Crippen LogP contribution in [0.4, 0.5) is 13.2 Å². The molecule has 3 nitrogen and oxygen atoms in total. The molecule has 0 aliphatic rings. The number of rotatable bonds is 4. The number of carbonyl (C=O) groups excluding carboxylic acids is 2. The minimum absolute atomic E-state index is 0.00249. The molecule has 23 heavy (non-hydrogen) atoms. The Kier molecular flexibility index (Phi) is 5.33. The minimum Gasteiger partial charge on any atom is -0.347 e. The van der Waals surface area contributed by atoms with Crippen LogP contribution >= 0.6 is 34.5 Å². The maximum atomic E-state index is 12.3. The lowest BCUT2D eigenvalue weighted by Gasteiger charge is -2.06. The van der Waals surface area contributed by atoms with Gasteiger partial charge in [0.2, 0.25) is 0 Å². The van der Waals surface area contributed by atoms with Crippen LogP contribution < -0.4 is 5.32 Å². The first-order chi connectivity index (χ1) is 10.7. The topological polar surface area (TPSA) is 46.2 Å². The minimum atomic E-state index is -4.96. The second kappa shape index (κ2) is 6.90. The van der Waals surface area contributed by atoms with Crippen molar-refractivity contribution in [3.8, 4) is 0 Å². The molecular formula is C14H8Cl2F3NO2S. The van der Waals surface area contributed by atoms with Crippen LogP contribution in [0.25, 0.3) is 0 Å². The number of hydrogen-bond donors (Lipinski definition) is 1. The Morgan fingerprint density at radius 2 is 1.74 bits per heavy atom. The summed E-state index contributed by atoms with van der Waals surface area (Å²) in [6.45, 7) is 0.0787. The van der Waals surface area contributed by atoms with Gasteiger partial charge in [0, 0.05) is 16.6 Å². The number of amides is 1. The number of halogens is 5. The summed E-state index contributed by atoms with van der Waals surface area (Å²) in [4.78, 5) is 22.5. The summed E-state index contributed by atoms with van der Waals surface area (Å²) in [5.41, 5.74) is 0.604. The van der Waals surface area contributed by atoms with Crippen LogP contribution in [0.2, 0.25) is 10.0 Å². The summed E-state index contributed by atoms with van der Waals surface area (Å²) in [5.74, 6) is -2.57. The fourth-order valence-corrected chi connectivity index (χ4v) is 3.01. The number of Topliss-reactive ketones (excluding diaryl/α,β-unsaturated/α-hetero) is 1. The zero-order valence-electron chi connectivity index (χ0n) is 11.2. The number of ketones is 1. The molecular weight excluding hydrogens is 374 g/mol. The van der Waals surface area contributed by atoms with Crippen molar-refractivity contribution in [3.05, 3.63) is 55.7 Å². The van der Waals surface area contributed by atoms with Crippen molar-refractivity contribution in [2.75, 3.05) is 0 Å². The lowest BCUT2D eigenvalue weighted by Crippen LogP contribution is -2.22. The highest BCUT2D eigenvalue weighted by Gasteiger charge is 2.40. The molecule has 9 heteroatoms. The molecule has 0 atom stereocenters. The van der Waals surface area contributed by atoms with E-state index < -0.39 is 22.7 Å². The maximum Gasteiger partial charge on any atom is 0.455 e. The van der Waals surface area contributed by atoms with Gasteiger partial charge in [0.25, 0.3) is 11.7 Å². The Morgan fingerprint density at radius 3 is 2.35 bits per heavy atom. The molecule has 0 radical (unpaired) electrons. The molecule has 0 saturated heterocycles. The molecule has 1 aromatic heterocycles. The molecule has 1 amide bonds. The summed E-state index contributed by atoms with van der Waals surface area (Å²) < 4.78 is 37.0. The van der Waals surface area contributed by atoms with E-state index in [9.17, 15) is 22.8 Å². The Morgan fingerprint density at radius 1 is 1.09 bits per heavy atom. The molecule has 0 saturated carbocycles. The van der Waals surface area contributed by atoms with Crippen molar-refractivity contribution in [2.24, 2.45) is 0 Å². The highest BCUT2D eigenvalue weighted by Crippen LogP contribution is 2.26. The van der Waals surface area contributed by atoms with E-state index in [1.807, 2.05) is 0 Å². The van der Waals surface area contributed by atoms with Crippen LogP contribution in [0.1, 0.15) is 24.9 Å². The molecule has 1 heterocycles. The van der Waals surface area contributed by atoms with Gasteiger partial charge >= 0.3 is 6.18 Å². The fourth-order valence-electron chi connectivity index (χ4n) is 1.65. The second-order valence-corrected chi connectivity index (χ2v) is 6.34. The lowest BCUT2D eigenvalue weighted by molar-refractivity contribution is -0.0882. The summed E-state index contributed by atoms with van der Waals surface area (Å²) in [6, 6.07) is 6.88. The number of nitrogens with one attached hydrogen (secondary N) is 1. The van der Waals surface area contributed by atoms with Gasteiger partial charge in [-0.05, 0) is 29.8 Å². The van der Waals surface area contributed by atoms with E-state index in [1.165, 1.54) is 12.1 Å². The van der Waals surface area contributed by atoms with E-state index in [0.29, 0.717) is 26.9 Å². The average molecular weight is 382 g/mol. The summed E-state index contributed by atoms with van der Waals surface area (Å²) in [6.07, 6.45) is -4.96. The summed E-state index contributed by atoms with van der Waals surface area (Å²) in [7, 11) is 0. The van der Waals surface area contributed by atoms with E-state index in [4.69, 9.17) is 23.2 Å². The SMILES string of the molecule is O=C(NCc1ccc(Cl)cc1Cl)c1ccc(C(=O)C(F)(F)F)s1. The van der Waals surface area contributed by atoms with Gasteiger partial charge in [-0.25, -0.2) is 0 Å². The van der Waals surface area contributed by atoms with E-state index in [2.05, 4.69) is 5.32 Å². The monoisotopic (exact) mass is 381 g/mol. The molecule has 2 rings (SSSR count). The van der Waals surface area contributed by atoms with Crippen LogP contribution in [-0.4, -0.2) is 17.9 Å². The number of hydrogen-bond acceptors (Lipinski definition) is 3. The quantitative estimate of drug-likeness (QED) is 0.778. The van der Waals surface area contributed by atoms with Crippen LogP contribution in [0.5, 0.6) is 0 Å². The smallest absolute Gasteiger partial charge is 0.347 e. The largest absolute Gasteiger partial charge is 0.455 e. The van der Waals surface area contributed by atoms with Gasteiger partial charge in [-0.3, -0.25) is 9.59 Å². The molecule has 0 bridgehead atoms.